The van der Waals surface area contributed by atoms with Gasteiger partial charge in [-0.15, -0.1) is 0 Å². The summed E-state index contributed by atoms with van der Waals surface area (Å²) in [6.07, 6.45) is 8.45. The van der Waals surface area contributed by atoms with E-state index in [1.165, 1.54) is 0 Å². The Morgan fingerprint density at radius 1 is 1.38 bits per heavy atom. The van der Waals surface area contributed by atoms with E-state index < -0.39 is 11.8 Å². The highest BCUT2D eigenvalue weighted by molar-refractivity contribution is 5.98. The molecule has 6 nitrogen and oxygen atoms in total. The van der Waals surface area contributed by atoms with Crippen molar-refractivity contribution in [2.24, 2.45) is 11.7 Å². The summed E-state index contributed by atoms with van der Waals surface area (Å²) in [6.45, 7) is 3.85. The van der Waals surface area contributed by atoms with Crippen LogP contribution in [-0.2, 0) is 6.42 Å². The SMILES string of the molecule is CC(C)n1nc(CC2CCC(F)(F)CC2)c(N2C=CC=CN2)c1C(N)=O. The second kappa shape index (κ2) is 7.09. The molecule has 0 unspecified atom stereocenters. The summed E-state index contributed by atoms with van der Waals surface area (Å²) < 4.78 is 28.5. The number of primary amides is 1. The standard InChI is InChI=1S/C18H25F2N5O/c1-12(2)25-16(17(21)26)15(24-10-4-3-9-22-24)14(23-25)11-13-5-7-18(19,20)8-6-13/h3-4,9-10,12-13,22H,5-8,11H2,1-2H3,(H2,21,26). The van der Waals surface area contributed by atoms with Gasteiger partial charge in [-0.3, -0.25) is 14.5 Å². The molecule has 3 rings (SSSR count). The Morgan fingerprint density at radius 2 is 2.08 bits per heavy atom. The van der Waals surface area contributed by atoms with Crippen LogP contribution in [0.25, 0.3) is 0 Å². The molecule has 8 heteroatoms. The van der Waals surface area contributed by atoms with Crippen molar-refractivity contribution in [2.45, 2.75) is 57.9 Å². The van der Waals surface area contributed by atoms with Gasteiger partial charge in [0.05, 0.1) is 5.69 Å². The minimum Gasteiger partial charge on any atom is -0.364 e. The number of hydrogen-bond acceptors (Lipinski definition) is 4. The lowest BCUT2D eigenvalue weighted by atomic mass is 9.84. The summed E-state index contributed by atoms with van der Waals surface area (Å²) in [5, 5.41) is 6.33. The first-order valence-electron chi connectivity index (χ1n) is 8.96. The zero-order chi connectivity index (χ0) is 18.9. The lowest BCUT2D eigenvalue weighted by Crippen LogP contribution is -2.33. The molecule has 26 heavy (non-hydrogen) atoms. The third-order valence-electron chi connectivity index (χ3n) is 4.89. The van der Waals surface area contributed by atoms with Gasteiger partial charge in [-0.2, -0.15) is 5.10 Å². The number of hydrazine groups is 1. The van der Waals surface area contributed by atoms with Gasteiger partial charge in [0.25, 0.3) is 5.91 Å². The smallest absolute Gasteiger partial charge is 0.269 e. The highest BCUT2D eigenvalue weighted by Gasteiger charge is 2.36. The molecule has 1 amide bonds. The Bertz CT molecular complexity index is 728. The van der Waals surface area contributed by atoms with Gasteiger partial charge in [0.2, 0.25) is 5.92 Å². The number of rotatable bonds is 5. The maximum absolute atomic E-state index is 13.5. The number of alkyl halides is 2. The first-order chi connectivity index (χ1) is 12.3. The Labute approximate surface area is 151 Å². The fraction of sp³-hybridized carbons (Fsp3) is 0.556. The van der Waals surface area contributed by atoms with E-state index in [2.05, 4.69) is 10.5 Å². The molecule has 0 radical (unpaired) electrons. The van der Waals surface area contributed by atoms with E-state index in [0.29, 0.717) is 36.3 Å². The number of carbonyl (C=O) groups excluding carboxylic acids is 1. The third-order valence-corrected chi connectivity index (χ3v) is 4.89. The second-order valence-corrected chi connectivity index (χ2v) is 7.25. The number of anilines is 1. The Kier molecular flexibility index (Phi) is 5.02. The number of aromatic nitrogens is 2. The van der Waals surface area contributed by atoms with Gasteiger partial charge in [0.1, 0.15) is 5.69 Å². The average molecular weight is 365 g/mol. The molecule has 2 heterocycles. The summed E-state index contributed by atoms with van der Waals surface area (Å²) in [6, 6.07) is -0.0509. The summed E-state index contributed by atoms with van der Waals surface area (Å²) >= 11 is 0. The minimum atomic E-state index is -2.56. The Hall–Kier alpha value is -2.38. The number of nitrogens with one attached hydrogen (secondary N) is 1. The second-order valence-electron chi connectivity index (χ2n) is 7.25. The van der Waals surface area contributed by atoms with Crippen LogP contribution in [0.15, 0.2) is 24.6 Å². The van der Waals surface area contributed by atoms with Gasteiger partial charge in [0, 0.05) is 31.3 Å². The number of hydrogen-bond donors (Lipinski definition) is 2. The van der Waals surface area contributed by atoms with Crippen LogP contribution >= 0.6 is 0 Å². The summed E-state index contributed by atoms with van der Waals surface area (Å²) in [7, 11) is 0. The van der Waals surface area contributed by atoms with Crippen molar-refractivity contribution >= 4 is 11.6 Å². The topological polar surface area (TPSA) is 76.2 Å². The van der Waals surface area contributed by atoms with Crippen LogP contribution in [0.4, 0.5) is 14.5 Å². The summed E-state index contributed by atoms with van der Waals surface area (Å²) in [4.78, 5) is 12.1. The molecule has 2 aliphatic rings. The van der Waals surface area contributed by atoms with E-state index in [1.54, 1.807) is 22.1 Å². The number of amides is 1. The molecule has 1 fully saturated rings. The van der Waals surface area contributed by atoms with Crippen molar-refractivity contribution in [1.29, 1.82) is 0 Å². The molecule has 1 aromatic heterocycles. The lowest BCUT2D eigenvalue weighted by Gasteiger charge is -2.29. The highest BCUT2D eigenvalue weighted by atomic mass is 19.3. The highest BCUT2D eigenvalue weighted by Crippen LogP contribution is 2.39. The molecule has 0 saturated heterocycles. The van der Waals surface area contributed by atoms with E-state index in [9.17, 15) is 13.6 Å². The van der Waals surface area contributed by atoms with Crippen molar-refractivity contribution in [2.75, 3.05) is 5.01 Å². The lowest BCUT2D eigenvalue weighted by molar-refractivity contribution is -0.0457. The molecule has 0 atom stereocenters. The van der Waals surface area contributed by atoms with Crippen LogP contribution in [0, 0.1) is 5.92 Å². The van der Waals surface area contributed by atoms with Crippen molar-refractivity contribution in [1.82, 2.24) is 15.2 Å². The van der Waals surface area contributed by atoms with Crippen LogP contribution in [0.2, 0.25) is 0 Å². The van der Waals surface area contributed by atoms with E-state index >= 15 is 0 Å². The minimum absolute atomic E-state index is 0.0509. The van der Waals surface area contributed by atoms with E-state index in [4.69, 9.17) is 5.73 Å². The van der Waals surface area contributed by atoms with Gasteiger partial charge in [-0.25, -0.2) is 8.78 Å². The molecule has 1 aliphatic carbocycles. The van der Waals surface area contributed by atoms with E-state index in [0.717, 1.165) is 0 Å². The molecular formula is C18H25F2N5O. The fourth-order valence-corrected chi connectivity index (χ4v) is 3.54. The predicted molar refractivity (Wildman–Crippen MR) is 95.6 cm³/mol. The van der Waals surface area contributed by atoms with Crippen LogP contribution in [0.1, 0.15) is 61.8 Å². The molecule has 0 bridgehead atoms. The number of nitrogens with two attached hydrogens (primary N) is 1. The number of halogens is 2. The van der Waals surface area contributed by atoms with Crippen molar-refractivity contribution in [3.8, 4) is 0 Å². The summed E-state index contributed by atoms with van der Waals surface area (Å²) in [5.41, 5.74) is 10.3. The molecule has 0 aromatic carbocycles. The normalized spacial score (nSPS) is 19.8. The van der Waals surface area contributed by atoms with Gasteiger partial charge in [-0.1, -0.05) is 0 Å². The van der Waals surface area contributed by atoms with Gasteiger partial charge >= 0.3 is 0 Å². The Morgan fingerprint density at radius 3 is 2.62 bits per heavy atom. The Balaban J connectivity index is 1.95. The maximum Gasteiger partial charge on any atom is 0.269 e. The van der Waals surface area contributed by atoms with Crippen LogP contribution in [0.5, 0.6) is 0 Å². The van der Waals surface area contributed by atoms with Crippen LogP contribution < -0.4 is 16.2 Å². The first kappa shape index (κ1) is 18.4. The molecule has 1 aromatic rings. The van der Waals surface area contributed by atoms with Gasteiger partial charge in [-0.05, 0) is 51.2 Å². The number of allylic oxidation sites excluding steroid dienone is 2. The molecule has 3 N–H and O–H groups in total. The monoisotopic (exact) mass is 365 g/mol. The van der Waals surface area contributed by atoms with Crippen molar-refractivity contribution in [3.05, 3.63) is 35.9 Å². The molecule has 0 spiro atoms. The maximum atomic E-state index is 13.5. The van der Waals surface area contributed by atoms with Gasteiger partial charge < -0.3 is 11.2 Å². The summed E-state index contributed by atoms with van der Waals surface area (Å²) in [5.74, 6) is -3.00. The van der Waals surface area contributed by atoms with Crippen molar-refractivity contribution < 1.29 is 13.6 Å². The molecular weight excluding hydrogens is 340 g/mol. The quantitative estimate of drug-likeness (QED) is 0.840. The largest absolute Gasteiger partial charge is 0.364 e. The van der Waals surface area contributed by atoms with E-state index in [1.807, 2.05) is 26.0 Å². The third kappa shape index (κ3) is 3.73. The zero-order valence-corrected chi connectivity index (χ0v) is 15.1. The van der Waals surface area contributed by atoms with Crippen LogP contribution in [0.3, 0.4) is 0 Å². The first-order valence-corrected chi connectivity index (χ1v) is 8.96. The zero-order valence-electron chi connectivity index (χ0n) is 15.1. The number of carbonyl (C=O) groups is 1. The predicted octanol–water partition coefficient (Wildman–Crippen LogP) is 3.28. The molecule has 1 saturated carbocycles. The van der Waals surface area contributed by atoms with Gasteiger partial charge in [0.15, 0.2) is 5.69 Å². The molecule has 142 valence electrons. The van der Waals surface area contributed by atoms with Crippen molar-refractivity contribution in [3.63, 3.8) is 0 Å². The molecule has 1 aliphatic heterocycles. The fourth-order valence-electron chi connectivity index (χ4n) is 3.54. The van der Waals surface area contributed by atoms with Crippen LogP contribution in [-0.4, -0.2) is 21.6 Å². The average Bonchev–Trinajstić information content (AvgIpc) is 2.97. The number of nitrogens with zero attached hydrogens (tertiary/aromatic N) is 3. The van der Waals surface area contributed by atoms with E-state index in [-0.39, 0.29) is 24.8 Å².